The first-order chi connectivity index (χ1) is 12.7. The number of nitrogens with zero attached hydrogens (tertiary/aromatic N) is 3. The minimum Gasteiger partial charge on any atom is -0.363 e. The zero-order chi connectivity index (χ0) is 19.6. The molecule has 5 nitrogen and oxygen atoms in total. The Balaban J connectivity index is 1.71. The fourth-order valence-corrected chi connectivity index (χ4v) is 3.33. The van der Waals surface area contributed by atoms with Crippen LogP contribution in [0.2, 0.25) is 0 Å². The zero-order valence-electron chi connectivity index (χ0n) is 14.9. The number of hydrogen-bond donors (Lipinski definition) is 0. The third-order valence-corrected chi connectivity index (χ3v) is 4.70. The Bertz CT molecular complexity index is 831. The summed E-state index contributed by atoms with van der Waals surface area (Å²) in [5.74, 6) is 0. The molecule has 27 heavy (non-hydrogen) atoms. The second-order valence-corrected chi connectivity index (χ2v) is 6.71. The molecule has 0 radical (unpaired) electrons. The van der Waals surface area contributed by atoms with Gasteiger partial charge in [0.25, 0.3) is 5.69 Å². The second-order valence-electron chi connectivity index (χ2n) is 6.71. The van der Waals surface area contributed by atoms with Gasteiger partial charge in [-0.2, -0.15) is 13.2 Å². The second kappa shape index (κ2) is 7.56. The van der Waals surface area contributed by atoms with Crippen molar-refractivity contribution < 1.29 is 18.1 Å². The van der Waals surface area contributed by atoms with Gasteiger partial charge in [0.15, 0.2) is 0 Å². The molecule has 0 bridgehead atoms. The molecule has 3 rings (SSSR count). The molecular weight excluding hydrogens is 359 g/mol. The van der Waals surface area contributed by atoms with Crippen LogP contribution in [0.4, 0.5) is 24.5 Å². The smallest absolute Gasteiger partial charge is 0.363 e. The molecule has 1 heterocycles. The summed E-state index contributed by atoms with van der Waals surface area (Å²) in [6, 6.07) is 10.9. The van der Waals surface area contributed by atoms with E-state index in [1.54, 1.807) is 4.90 Å². The fraction of sp³-hybridized carbons (Fsp3) is 0.368. The van der Waals surface area contributed by atoms with Gasteiger partial charge in [0, 0.05) is 38.8 Å². The molecule has 1 aliphatic heterocycles. The van der Waals surface area contributed by atoms with E-state index >= 15 is 0 Å². The van der Waals surface area contributed by atoms with Crippen molar-refractivity contribution in [3.05, 3.63) is 69.3 Å². The summed E-state index contributed by atoms with van der Waals surface area (Å²) in [4.78, 5) is 14.6. The van der Waals surface area contributed by atoms with Crippen molar-refractivity contribution in [1.29, 1.82) is 0 Å². The fourth-order valence-electron chi connectivity index (χ4n) is 3.33. The van der Waals surface area contributed by atoms with Crippen molar-refractivity contribution in [3.63, 3.8) is 0 Å². The number of anilines is 1. The lowest BCUT2D eigenvalue weighted by molar-refractivity contribution is -0.384. The molecule has 1 fully saturated rings. The highest BCUT2D eigenvalue weighted by Gasteiger charge is 2.34. The molecule has 0 aromatic heterocycles. The van der Waals surface area contributed by atoms with Crippen LogP contribution in [0.5, 0.6) is 0 Å². The lowest BCUT2D eigenvalue weighted by atomic mass is 10.1. The molecule has 144 valence electrons. The predicted molar refractivity (Wildman–Crippen MR) is 96.8 cm³/mol. The van der Waals surface area contributed by atoms with Crippen LogP contribution in [0.3, 0.4) is 0 Å². The van der Waals surface area contributed by atoms with Gasteiger partial charge < -0.3 is 4.90 Å². The van der Waals surface area contributed by atoms with Crippen molar-refractivity contribution in [1.82, 2.24) is 4.90 Å². The van der Waals surface area contributed by atoms with Gasteiger partial charge in [-0.15, -0.1) is 0 Å². The van der Waals surface area contributed by atoms with Crippen molar-refractivity contribution in [2.24, 2.45) is 0 Å². The molecular formula is C19H20F3N3O2. The normalized spacial score (nSPS) is 15.8. The van der Waals surface area contributed by atoms with Gasteiger partial charge in [0.05, 0.1) is 10.5 Å². The maximum Gasteiger partial charge on any atom is 0.416 e. The molecule has 0 atom stereocenters. The minimum absolute atomic E-state index is 0.239. The number of hydrogen-bond acceptors (Lipinski definition) is 4. The Morgan fingerprint density at radius 2 is 1.78 bits per heavy atom. The minimum atomic E-state index is -4.60. The van der Waals surface area contributed by atoms with Crippen LogP contribution >= 0.6 is 0 Å². The Morgan fingerprint density at radius 3 is 2.37 bits per heavy atom. The van der Waals surface area contributed by atoms with Gasteiger partial charge in [-0.25, -0.2) is 0 Å². The van der Waals surface area contributed by atoms with Gasteiger partial charge in [-0.05, 0) is 24.6 Å². The van der Waals surface area contributed by atoms with E-state index in [0.717, 1.165) is 12.6 Å². The van der Waals surface area contributed by atoms with E-state index in [-0.39, 0.29) is 5.69 Å². The molecule has 2 aromatic carbocycles. The molecule has 0 amide bonds. The summed E-state index contributed by atoms with van der Waals surface area (Å²) >= 11 is 0. The maximum atomic E-state index is 12.8. The summed E-state index contributed by atoms with van der Waals surface area (Å²) in [6.07, 6.45) is -4.60. The maximum absolute atomic E-state index is 12.8. The van der Waals surface area contributed by atoms with Crippen molar-refractivity contribution in [2.75, 3.05) is 31.1 Å². The molecule has 0 spiro atoms. The van der Waals surface area contributed by atoms with Crippen LogP contribution < -0.4 is 4.90 Å². The van der Waals surface area contributed by atoms with Crippen LogP contribution in [0, 0.1) is 17.0 Å². The number of benzene rings is 2. The van der Waals surface area contributed by atoms with E-state index in [9.17, 15) is 23.3 Å². The van der Waals surface area contributed by atoms with Crippen molar-refractivity contribution in [2.45, 2.75) is 19.6 Å². The highest BCUT2D eigenvalue weighted by atomic mass is 19.4. The zero-order valence-corrected chi connectivity index (χ0v) is 14.9. The lowest BCUT2D eigenvalue weighted by Crippen LogP contribution is -2.46. The SMILES string of the molecule is Cc1cccc(CN2CCN(c3ccc(C(F)(F)F)cc3[N+](=O)[O-])CC2)c1. The van der Waals surface area contributed by atoms with Gasteiger partial charge >= 0.3 is 6.18 Å². The molecule has 0 saturated carbocycles. The summed E-state index contributed by atoms with van der Waals surface area (Å²) in [6.45, 7) is 5.24. The van der Waals surface area contributed by atoms with Crippen LogP contribution in [0.25, 0.3) is 0 Å². The predicted octanol–water partition coefficient (Wildman–Crippen LogP) is 4.24. The largest absolute Gasteiger partial charge is 0.416 e. The molecule has 0 N–H and O–H groups in total. The summed E-state index contributed by atoms with van der Waals surface area (Å²) < 4.78 is 38.5. The topological polar surface area (TPSA) is 49.6 Å². The van der Waals surface area contributed by atoms with E-state index in [0.29, 0.717) is 32.2 Å². The average molecular weight is 379 g/mol. The number of piperazine rings is 1. The third-order valence-electron chi connectivity index (χ3n) is 4.70. The van der Waals surface area contributed by atoms with Crippen molar-refractivity contribution in [3.8, 4) is 0 Å². The number of nitro benzene ring substituents is 1. The molecule has 0 aliphatic carbocycles. The van der Waals surface area contributed by atoms with Crippen LogP contribution in [0.15, 0.2) is 42.5 Å². The summed E-state index contributed by atoms with van der Waals surface area (Å²) in [5.41, 5.74) is 1.12. The Hall–Kier alpha value is -2.61. The van der Waals surface area contributed by atoms with E-state index in [2.05, 4.69) is 17.0 Å². The number of rotatable bonds is 4. The number of nitro groups is 1. The number of halogens is 3. The molecule has 8 heteroatoms. The Morgan fingerprint density at radius 1 is 1.07 bits per heavy atom. The van der Waals surface area contributed by atoms with Crippen LogP contribution in [-0.2, 0) is 12.7 Å². The molecule has 0 unspecified atom stereocenters. The van der Waals surface area contributed by atoms with E-state index in [1.165, 1.54) is 17.2 Å². The highest BCUT2D eigenvalue weighted by molar-refractivity contribution is 5.65. The van der Waals surface area contributed by atoms with E-state index in [1.807, 2.05) is 19.1 Å². The van der Waals surface area contributed by atoms with E-state index < -0.39 is 22.4 Å². The highest BCUT2D eigenvalue weighted by Crippen LogP contribution is 2.36. The van der Waals surface area contributed by atoms with Gasteiger partial charge in [-0.1, -0.05) is 29.8 Å². The summed E-state index contributed by atoms with van der Waals surface area (Å²) in [5, 5.41) is 11.3. The lowest BCUT2D eigenvalue weighted by Gasteiger charge is -2.36. The molecule has 2 aromatic rings. The third kappa shape index (κ3) is 4.57. The van der Waals surface area contributed by atoms with Gasteiger partial charge in [0.2, 0.25) is 0 Å². The standard InChI is InChI=1S/C19H20F3N3O2/c1-14-3-2-4-15(11-14)13-23-7-9-24(10-8-23)17-6-5-16(19(20,21)22)12-18(17)25(26)27/h2-6,11-12H,7-10,13H2,1H3. The molecule has 1 saturated heterocycles. The Labute approximate surface area is 155 Å². The quantitative estimate of drug-likeness (QED) is 0.589. The molecule has 1 aliphatic rings. The van der Waals surface area contributed by atoms with E-state index in [4.69, 9.17) is 0 Å². The Kier molecular flexibility index (Phi) is 5.36. The van der Waals surface area contributed by atoms with Gasteiger partial charge in [0.1, 0.15) is 5.69 Å². The first-order valence-electron chi connectivity index (χ1n) is 8.62. The van der Waals surface area contributed by atoms with Crippen LogP contribution in [0.1, 0.15) is 16.7 Å². The first kappa shape index (κ1) is 19.2. The van der Waals surface area contributed by atoms with Gasteiger partial charge in [-0.3, -0.25) is 15.0 Å². The number of alkyl halides is 3. The summed E-state index contributed by atoms with van der Waals surface area (Å²) in [7, 11) is 0. The monoisotopic (exact) mass is 379 g/mol. The van der Waals surface area contributed by atoms with Crippen LogP contribution in [-0.4, -0.2) is 36.0 Å². The number of aryl methyl sites for hydroxylation is 1. The first-order valence-corrected chi connectivity index (χ1v) is 8.62. The van der Waals surface area contributed by atoms with Crippen molar-refractivity contribution >= 4 is 11.4 Å². The average Bonchev–Trinajstić information content (AvgIpc) is 2.61.